The van der Waals surface area contributed by atoms with E-state index in [1.165, 1.54) is 18.4 Å². The summed E-state index contributed by atoms with van der Waals surface area (Å²) in [6, 6.07) is 10.4. The van der Waals surface area contributed by atoms with Crippen molar-refractivity contribution in [2.45, 2.75) is 31.3 Å². The Hall–Kier alpha value is -1.19. The van der Waals surface area contributed by atoms with Crippen LogP contribution in [0.1, 0.15) is 41.6 Å². The molecule has 1 aliphatic carbocycles. The third-order valence-corrected chi connectivity index (χ3v) is 3.99. The summed E-state index contributed by atoms with van der Waals surface area (Å²) in [4.78, 5) is 4.12. The first-order valence-electron chi connectivity index (χ1n) is 6.60. The fourth-order valence-electron chi connectivity index (χ4n) is 2.32. The largest absolute Gasteiger partial charge is 0.388 e. The number of aromatic nitrogens is 1. The number of aliphatic hydroxyl groups excluding tert-OH is 1. The summed E-state index contributed by atoms with van der Waals surface area (Å²) in [7, 11) is 0. The Balaban J connectivity index is 1.70. The van der Waals surface area contributed by atoms with Crippen molar-refractivity contribution < 1.29 is 5.11 Å². The van der Waals surface area contributed by atoms with E-state index >= 15 is 0 Å². The number of hydrogen-bond acceptors (Lipinski definition) is 2. The van der Waals surface area contributed by atoms with Gasteiger partial charge in [0.2, 0.25) is 0 Å². The summed E-state index contributed by atoms with van der Waals surface area (Å²) in [5.41, 5.74) is 3.41. The van der Waals surface area contributed by atoms with E-state index in [1.54, 1.807) is 12.4 Å². The molecule has 1 unspecified atom stereocenters. The predicted molar refractivity (Wildman–Crippen MR) is 79.0 cm³/mol. The Bertz CT molecular complexity index is 563. The summed E-state index contributed by atoms with van der Waals surface area (Å²) in [5, 5.41) is 10.3. The van der Waals surface area contributed by atoms with Crippen molar-refractivity contribution >= 4 is 15.9 Å². The van der Waals surface area contributed by atoms with E-state index < -0.39 is 6.10 Å². The van der Waals surface area contributed by atoms with Gasteiger partial charge in [0, 0.05) is 23.3 Å². The van der Waals surface area contributed by atoms with Gasteiger partial charge in [0.05, 0.1) is 6.10 Å². The second-order valence-corrected chi connectivity index (χ2v) is 6.09. The van der Waals surface area contributed by atoms with Crippen LogP contribution in [0, 0.1) is 0 Å². The van der Waals surface area contributed by atoms with E-state index in [1.807, 2.05) is 18.2 Å². The first-order chi connectivity index (χ1) is 9.22. The zero-order valence-electron chi connectivity index (χ0n) is 10.6. The van der Waals surface area contributed by atoms with Crippen LogP contribution in [0.15, 0.2) is 47.2 Å². The standard InChI is InChI=1S/C16H16BrNO/c17-15-7-11(9-18-10-15)8-16(19)14-5-3-13(4-6-14)12-1-2-12/h3-7,9-10,12,16,19H,1-2,8H2. The maximum absolute atomic E-state index is 10.3. The third kappa shape index (κ3) is 3.23. The van der Waals surface area contributed by atoms with E-state index in [9.17, 15) is 5.11 Å². The predicted octanol–water partition coefficient (Wildman–Crippen LogP) is 4.00. The minimum atomic E-state index is -0.468. The van der Waals surface area contributed by atoms with Gasteiger partial charge in [-0.3, -0.25) is 4.98 Å². The number of rotatable bonds is 4. The molecule has 1 atom stereocenters. The van der Waals surface area contributed by atoms with Gasteiger partial charge in [-0.05, 0) is 57.4 Å². The quantitative estimate of drug-likeness (QED) is 0.924. The molecule has 2 aromatic rings. The molecule has 1 fully saturated rings. The lowest BCUT2D eigenvalue weighted by Gasteiger charge is -2.11. The molecule has 1 aliphatic rings. The van der Waals surface area contributed by atoms with Crippen LogP contribution < -0.4 is 0 Å². The van der Waals surface area contributed by atoms with Gasteiger partial charge >= 0.3 is 0 Å². The first-order valence-corrected chi connectivity index (χ1v) is 7.39. The minimum Gasteiger partial charge on any atom is -0.388 e. The Morgan fingerprint density at radius 3 is 2.58 bits per heavy atom. The lowest BCUT2D eigenvalue weighted by Crippen LogP contribution is -2.02. The number of halogens is 1. The Kier molecular flexibility index (Phi) is 3.67. The van der Waals surface area contributed by atoms with E-state index in [0.29, 0.717) is 6.42 Å². The van der Waals surface area contributed by atoms with Crippen LogP contribution in [0.4, 0.5) is 0 Å². The average Bonchev–Trinajstić information content (AvgIpc) is 3.23. The summed E-state index contributed by atoms with van der Waals surface area (Å²) in [5.74, 6) is 0.764. The van der Waals surface area contributed by atoms with Crippen LogP contribution in [0.2, 0.25) is 0 Å². The molecule has 0 saturated heterocycles. The molecular weight excluding hydrogens is 302 g/mol. The van der Waals surface area contributed by atoms with E-state index in [0.717, 1.165) is 21.5 Å². The van der Waals surface area contributed by atoms with Crippen molar-refractivity contribution in [3.63, 3.8) is 0 Å². The van der Waals surface area contributed by atoms with Crippen molar-refractivity contribution in [2.75, 3.05) is 0 Å². The van der Waals surface area contributed by atoms with Gasteiger partial charge in [0.1, 0.15) is 0 Å². The maximum atomic E-state index is 10.3. The summed E-state index contributed by atoms with van der Waals surface area (Å²) < 4.78 is 0.946. The molecule has 1 N–H and O–H groups in total. The number of benzene rings is 1. The van der Waals surface area contributed by atoms with Crippen LogP contribution >= 0.6 is 15.9 Å². The fraction of sp³-hybridized carbons (Fsp3) is 0.312. The fourth-order valence-corrected chi connectivity index (χ4v) is 2.73. The highest BCUT2D eigenvalue weighted by Gasteiger charge is 2.23. The molecule has 19 heavy (non-hydrogen) atoms. The Labute approximate surface area is 121 Å². The van der Waals surface area contributed by atoms with Crippen molar-refractivity contribution in [2.24, 2.45) is 0 Å². The van der Waals surface area contributed by atoms with Crippen LogP contribution in [0.3, 0.4) is 0 Å². The maximum Gasteiger partial charge on any atom is 0.0830 e. The van der Waals surface area contributed by atoms with E-state index in [4.69, 9.17) is 0 Å². The molecule has 98 valence electrons. The Morgan fingerprint density at radius 2 is 1.95 bits per heavy atom. The zero-order chi connectivity index (χ0) is 13.2. The average molecular weight is 318 g/mol. The number of nitrogens with zero attached hydrogens (tertiary/aromatic N) is 1. The number of pyridine rings is 1. The molecule has 0 aliphatic heterocycles. The number of aliphatic hydroxyl groups is 1. The van der Waals surface area contributed by atoms with Gasteiger partial charge in [-0.25, -0.2) is 0 Å². The lowest BCUT2D eigenvalue weighted by atomic mass is 10.0. The van der Waals surface area contributed by atoms with Crippen molar-refractivity contribution in [3.8, 4) is 0 Å². The normalized spacial score (nSPS) is 16.3. The summed E-state index contributed by atoms with van der Waals surface area (Å²) >= 11 is 3.40. The summed E-state index contributed by atoms with van der Waals surface area (Å²) in [6.07, 6.45) is 6.29. The summed E-state index contributed by atoms with van der Waals surface area (Å²) in [6.45, 7) is 0. The third-order valence-electron chi connectivity index (χ3n) is 3.56. The van der Waals surface area contributed by atoms with Crippen molar-refractivity contribution in [3.05, 3.63) is 63.9 Å². The first kappa shape index (κ1) is 12.8. The molecule has 1 aromatic carbocycles. The Morgan fingerprint density at radius 1 is 1.21 bits per heavy atom. The molecule has 1 heterocycles. The van der Waals surface area contributed by atoms with Crippen molar-refractivity contribution in [1.29, 1.82) is 0 Å². The zero-order valence-corrected chi connectivity index (χ0v) is 12.2. The molecule has 1 saturated carbocycles. The smallest absolute Gasteiger partial charge is 0.0830 e. The van der Waals surface area contributed by atoms with Crippen molar-refractivity contribution in [1.82, 2.24) is 4.98 Å². The molecule has 3 heteroatoms. The second-order valence-electron chi connectivity index (χ2n) is 5.17. The lowest BCUT2D eigenvalue weighted by molar-refractivity contribution is 0.178. The molecule has 2 nitrogen and oxygen atoms in total. The van der Waals surface area contributed by atoms with E-state index in [-0.39, 0.29) is 0 Å². The van der Waals surface area contributed by atoms with E-state index in [2.05, 4.69) is 33.0 Å². The van der Waals surface area contributed by atoms with Gasteiger partial charge in [0.15, 0.2) is 0 Å². The molecule has 1 aromatic heterocycles. The van der Waals surface area contributed by atoms with Gasteiger partial charge in [0.25, 0.3) is 0 Å². The van der Waals surface area contributed by atoms with Gasteiger partial charge in [-0.1, -0.05) is 24.3 Å². The molecule has 0 radical (unpaired) electrons. The topological polar surface area (TPSA) is 33.1 Å². The second kappa shape index (κ2) is 5.43. The van der Waals surface area contributed by atoms with Crippen LogP contribution in [-0.2, 0) is 6.42 Å². The molecule has 0 spiro atoms. The van der Waals surface area contributed by atoms with Crippen LogP contribution in [-0.4, -0.2) is 10.1 Å². The highest BCUT2D eigenvalue weighted by atomic mass is 79.9. The SMILES string of the molecule is OC(Cc1cncc(Br)c1)c1ccc(C2CC2)cc1. The highest BCUT2D eigenvalue weighted by Crippen LogP contribution is 2.40. The van der Waals surface area contributed by atoms with Gasteiger partial charge in [-0.2, -0.15) is 0 Å². The monoisotopic (exact) mass is 317 g/mol. The minimum absolute atomic E-state index is 0.468. The van der Waals surface area contributed by atoms with Gasteiger partial charge in [-0.15, -0.1) is 0 Å². The molecule has 3 rings (SSSR count). The van der Waals surface area contributed by atoms with Gasteiger partial charge < -0.3 is 5.11 Å². The van der Waals surface area contributed by atoms with Crippen LogP contribution in [0.5, 0.6) is 0 Å². The highest BCUT2D eigenvalue weighted by molar-refractivity contribution is 9.10. The van der Waals surface area contributed by atoms with Crippen LogP contribution in [0.25, 0.3) is 0 Å². The molecular formula is C16H16BrNO. The number of hydrogen-bond donors (Lipinski definition) is 1. The molecule has 0 bridgehead atoms. The molecule has 0 amide bonds.